The molecule has 0 fully saturated rings. The fourth-order valence-corrected chi connectivity index (χ4v) is 2.40. The number of esters is 1. The van der Waals surface area contributed by atoms with E-state index in [0.717, 1.165) is 0 Å². The zero-order valence-corrected chi connectivity index (χ0v) is 15.4. The lowest BCUT2D eigenvalue weighted by atomic mass is 10.1. The number of benzene rings is 1. The Kier molecular flexibility index (Phi) is 6.76. The average Bonchev–Trinajstić information content (AvgIpc) is 2.58. The van der Waals surface area contributed by atoms with Crippen LogP contribution in [0.25, 0.3) is 0 Å². The quantitative estimate of drug-likeness (QED) is 0.749. The fourth-order valence-electron chi connectivity index (χ4n) is 2.00. The van der Waals surface area contributed by atoms with Gasteiger partial charge >= 0.3 is 5.97 Å². The monoisotopic (exact) mass is 400 g/mol. The van der Waals surface area contributed by atoms with Crippen LogP contribution in [0.15, 0.2) is 24.3 Å². The zero-order chi connectivity index (χ0) is 19.3. The summed E-state index contributed by atoms with van der Waals surface area (Å²) in [6.07, 6.45) is -0.187. The molecule has 0 radical (unpaired) electrons. The van der Waals surface area contributed by atoms with Gasteiger partial charge in [0.25, 0.3) is 5.91 Å². The summed E-state index contributed by atoms with van der Waals surface area (Å²) in [5, 5.41) is 2.96. The molecule has 9 heteroatoms. The molecule has 0 saturated carbocycles. The summed E-state index contributed by atoms with van der Waals surface area (Å²) in [6.45, 7) is 1.12. The normalized spacial score (nSPS) is 10.3. The minimum absolute atomic E-state index is 0.0733. The van der Waals surface area contributed by atoms with Crippen LogP contribution in [0.4, 0.5) is 10.2 Å². The van der Waals surface area contributed by atoms with Crippen LogP contribution >= 0.6 is 23.2 Å². The Balaban J connectivity index is 1.88. The number of rotatable bonds is 6. The Bertz CT molecular complexity index is 846. The molecule has 6 nitrogen and oxygen atoms in total. The number of anilines is 1. The van der Waals surface area contributed by atoms with Crippen molar-refractivity contribution in [3.63, 3.8) is 0 Å². The molecular formula is C17H15Cl2FN2O4. The van der Waals surface area contributed by atoms with Gasteiger partial charge in [-0.25, -0.2) is 9.37 Å². The molecule has 138 valence electrons. The lowest BCUT2D eigenvalue weighted by Crippen LogP contribution is -2.22. The minimum Gasteiger partial charge on any atom is -0.494 e. The van der Waals surface area contributed by atoms with Crippen LogP contribution < -0.4 is 10.1 Å². The molecule has 1 amide bonds. The van der Waals surface area contributed by atoms with Crippen LogP contribution in [-0.2, 0) is 20.7 Å². The Morgan fingerprint density at radius 2 is 1.96 bits per heavy atom. The number of ether oxygens (including phenoxy) is 2. The highest BCUT2D eigenvalue weighted by Gasteiger charge is 2.13. The second-order valence-corrected chi connectivity index (χ2v) is 6.05. The summed E-state index contributed by atoms with van der Waals surface area (Å²) in [6, 6.07) is 5.55. The molecular weight excluding hydrogens is 386 g/mol. The number of methoxy groups -OCH3 is 1. The SMILES string of the molecule is COc1ccc(CC(=O)OCC(=O)Nc2nc(C)c(Cl)cc2Cl)cc1F. The van der Waals surface area contributed by atoms with Crippen molar-refractivity contribution in [3.05, 3.63) is 51.4 Å². The van der Waals surface area contributed by atoms with Gasteiger partial charge in [-0.05, 0) is 30.7 Å². The van der Waals surface area contributed by atoms with E-state index in [0.29, 0.717) is 16.3 Å². The van der Waals surface area contributed by atoms with E-state index >= 15 is 0 Å². The van der Waals surface area contributed by atoms with E-state index in [4.69, 9.17) is 32.7 Å². The second kappa shape index (κ2) is 8.82. The minimum atomic E-state index is -0.684. The summed E-state index contributed by atoms with van der Waals surface area (Å²) in [5.41, 5.74) is 0.886. The zero-order valence-electron chi connectivity index (χ0n) is 13.9. The van der Waals surface area contributed by atoms with E-state index in [9.17, 15) is 14.0 Å². The summed E-state index contributed by atoms with van der Waals surface area (Å²) in [7, 11) is 1.34. The van der Waals surface area contributed by atoms with Crippen molar-refractivity contribution in [2.75, 3.05) is 19.0 Å². The molecule has 2 rings (SSSR count). The first-order chi connectivity index (χ1) is 12.3. The molecule has 26 heavy (non-hydrogen) atoms. The van der Waals surface area contributed by atoms with Crippen molar-refractivity contribution in [3.8, 4) is 5.75 Å². The number of carbonyl (C=O) groups excluding carboxylic acids is 2. The van der Waals surface area contributed by atoms with Gasteiger partial charge in [0.15, 0.2) is 24.0 Å². The van der Waals surface area contributed by atoms with Gasteiger partial charge in [-0.2, -0.15) is 0 Å². The number of nitrogens with one attached hydrogen (secondary N) is 1. The van der Waals surface area contributed by atoms with Crippen molar-refractivity contribution >= 4 is 40.9 Å². The number of hydrogen-bond donors (Lipinski definition) is 1. The average molecular weight is 401 g/mol. The van der Waals surface area contributed by atoms with E-state index in [1.54, 1.807) is 6.92 Å². The third-order valence-corrected chi connectivity index (χ3v) is 3.96. The summed E-state index contributed by atoms with van der Waals surface area (Å²) in [5.74, 6) is -1.70. The number of amides is 1. The molecule has 0 atom stereocenters. The van der Waals surface area contributed by atoms with Crippen LogP contribution in [0.5, 0.6) is 5.75 Å². The molecule has 0 saturated heterocycles. The number of pyridine rings is 1. The van der Waals surface area contributed by atoms with Gasteiger partial charge in [-0.3, -0.25) is 9.59 Å². The molecule has 1 aromatic heterocycles. The Morgan fingerprint density at radius 1 is 1.23 bits per heavy atom. The van der Waals surface area contributed by atoms with Gasteiger partial charge in [-0.15, -0.1) is 0 Å². The molecule has 0 aliphatic heterocycles. The van der Waals surface area contributed by atoms with Gasteiger partial charge in [0.2, 0.25) is 0 Å². The lowest BCUT2D eigenvalue weighted by Gasteiger charge is -2.09. The molecule has 0 aliphatic rings. The highest BCUT2D eigenvalue weighted by Crippen LogP contribution is 2.25. The van der Waals surface area contributed by atoms with Crippen LogP contribution in [0.1, 0.15) is 11.3 Å². The van der Waals surface area contributed by atoms with Crippen molar-refractivity contribution in [2.24, 2.45) is 0 Å². The standard InChI is InChI=1S/C17H15Cl2FN2O4/c1-9-11(18)7-12(19)17(21-9)22-15(23)8-26-16(24)6-10-3-4-14(25-2)13(20)5-10/h3-5,7H,6,8H2,1-2H3,(H,21,22,23). The maximum atomic E-state index is 13.6. The summed E-state index contributed by atoms with van der Waals surface area (Å²) in [4.78, 5) is 27.7. The molecule has 1 N–H and O–H groups in total. The molecule has 0 unspecified atom stereocenters. The van der Waals surface area contributed by atoms with E-state index in [-0.39, 0.29) is 23.0 Å². The first-order valence-corrected chi connectivity index (χ1v) is 8.16. The van der Waals surface area contributed by atoms with Crippen molar-refractivity contribution in [2.45, 2.75) is 13.3 Å². The van der Waals surface area contributed by atoms with Gasteiger partial charge in [0.1, 0.15) is 0 Å². The Hall–Kier alpha value is -2.38. The smallest absolute Gasteiger partial charge is 0.310 e. The molecule has 0 bridgehead atoms. The van der Waals surface area contributed by atoms with E-state index in [1.165, 1.54) is 31.4 Å². The van der Waals surface area contributed by atoms with E-state index in [1.807, 2.05) is 0 Å². The Morgan fingerprint density at radius 3 is 2.62 bits per heavy atom. The first kappa shape index (κ1) is 19.9. The number of hydrogen-bond acceptors (Lipinski definition) is 5. The summed E-state index contributed by atoms with van der Waals surface area (Å²) < 4.78 is 23.3. The van der Waals surface area contributed by atoms with Gasteiger partial charge in [0, 0.05) is 0 Å². The van der Waals surface area contributed by atoms with Crippen LogP contribution in [-0.4, -0.2) is 30.6 Å². The number of carbonyl (C=O) groups is 2. The first-order valence-electron chi connectivity index (χ1n) is 7.40. The topological polar surface area (TPSA) is 77.5 Å². The van der Waals surface area contributed by atoms with Crippen LogP contribution in [0.2, 0.25) is 10.0 Å². The largest absolute Gasteiger partial charge is 0.494 e. The van der Waals surface area contributed by atoms with Gasteiger partial charge < -0.3 is 14.8 Å². The van der Waals surface area contributed by atoms with E-state index < -0.39 is 24.3 Å². The number of aryl methyl sites for hydroxylation is 1. The molecule has 1 heterocycles. The maximum Gasteiger partial charge on any atom is 0.310 e. The highest BCUT2D eigenvalue weighted by atomic mass is 35.5. The second-order valence-electron chi connectivity index (χ2n) is 5.24. The Labute approximate surface area is 159 Å². The maximum absolute atomic E-state index is 13.6. The lowest BCUT2D eigenvalue weighted by molar-refractivity contribution is -0.146. The molecule has 2 aromatic rings. The summed E-state index contributed by atoms with van der Waals surface area (Å²) >= 11 is 11.8. The van der Waals surface area contributed by atoms with Crippen LogP contribution in [0.3, 0.4) is 0 Å². The third-order valence-electron chi connectivity index (χ3n) is 3.29. The number of nitrogens with zero attached hydrogens (tertiary/aromatic N) is 1. The fraction of sp³-hybridized carbons (Fsp3) is 0.235. The molecule has 1 aromatic carbocycles. The van der Waals surface area contributed by atoms with Crippen molar-refractivity contribution in [1.29, 1.82) is 0 Å². The number of aromatic nitrogens is 1. The highest BCUT2D eigenvalue weighted by molar-refractivity contribution is 6.36. The van der Waals surface area contributed by atoms with Crippen molar-refractivity contribution in [1.82, 2.24) is 4.98 Å². The van der Waals surface area contributed by atoms with E-state index in [2.05, 4.69) is 10.3 Å². The molecule has 0 aliphatic carbocycles. The molecule has 0 spiro atoms. The van der Waals surface area contributed by atoms with Gasteiger partial charge in [-0.1, -0.05) is 29.3 Å². The predicted molar refractivity (Wildman–Crippen MR) is 95.2 cm³/mol. The van der Waals surface area contributed by atoms with Gasteiger partial charge in [0.05, 0.1) is 29.3 Å². The third kappa shape index (κ3) is 5.31. The number of halogens is 3. The van der Waals surface area contributed by atoms with Crippen LogP contribution in [0, 0.1) is 12.7 Å². The predicted octanol–water partition coefficient (Wildman–Crippen LogP) is 3.57. The van der Waals surface area contributed by atoms with Crippen molar-refractivity contribution < 1.29 is 23.5 Å².